The molecule has 5 aliphatic rings. The van der Waals surface area contributed by atoms with Crippen LogP contribution in [0.5, 0.6) is 0 Å². The van der Waals surface area contributed by atoms with Crippen LogP contribution in [0.4, 0.5) is 11.4 Å². The number of carbonyl (C=O) groups is 6. The Morgan fingerprint density at radius 3 is 2.49 bits per heavy atom. The number of imidazole rings is 1. The molecule has 3 saturated heterocycles. The number of piperidine rings is 2. The summed E-state index contributed by atoms with van der Waals surface area (Å²) >= 11 is 0. The van der Waals surface area contributed by atoms with Gasteiger partial charge in [-0.25, -0.2) is 4.98 Å². The number of nitrogens with zero attached hydrogens (tertiary/aromatic N) is 4. The second kappa shape index (κ2) is 14.5. The normalized spacial score (nSPS) is 24.7. The van der Waals surface area contributed by atoms with Crippen molar-refractivity contribution in [1.29, 1.82) is 0 Å². The van der Waals surface area contributed by atoms with Crippen molar-refractivity contribution in [1.82, 2.24) is 25.1 Å². The largest absolute Gasteiger partial charge is 0.371 e. The van der Waals surface area contributed by atoms with Crippen LogP contribution in [0, 0.1) is 11.3 Å². The number of rotatable bonds is 10. The summed E-state index contributed by atoms with van der Waals surface area (Å²) in [7, 11) is 0. The molecule has 14 nitrogen and oxygen atoms in total. The third-order valence-electron chi connectivity index (χ3n) is 12.3. The van der Waals surface area contributed by atoms with Gasteiger partial charge in [0, 0.05) is 42.5 Å². The summed E-state index contributed by atoms with van der Waals surface area (Å²) in [5.74, 6) is -1.50. The van der Waals surface area contributed by atoms with Crippen molar-refractivity contribution in [3.05, 3.63) is 77.2 Å². The number of nitrogens with two attached hydrogens (primary N) is 1. The third-order valence-corrected chi connectivity index (χ3v) is 12.3. The first-order valence-corrected chi connectivity index (χ1v) is 19.3. The second-order valence-electron chi connectivity index (χ2n) is 15.7. The van der Waals surface area contributed by atoms with E-state index >= 15 is 0 Å². The quantitative estimate of drug-likeness (QED) is 0.223. The zero-order valence-corrected chi connectivity index (χ0v) is 30.9. The summed E-state index contributed by atoms with van der Waals surface area (Å²) in [5.41, 5.74) is 9.28. The number of anilines is 2. The number of hydrogen-bond acceptors (Lipinski definition) is 9. The summed E-state index contributed by atoms with van der Waals surface area (Å²) in [6.45, 7) is 5.55. The number of allylic oxidation sites excluding steroid dienone is 1. The van der Waals surface area contributed by atoms with Crippen LogP contribution in [0.1, 0.15) is 91.3 Å². The minimum absolute atomic E-state index is 0.0696. The second-order valence-corrected chi connectivity index (χ2v) is 15.7. The topological polar surface area (TPSA) is 191 Å². The summed E-state index contributed by atoms with van der Waals surface area (Å²) < 4.78 is 0. The maximum absolute atomic E-state index is 13.3. The number of fused-ring (bicyclic) bond motifs is 2. The van der Waals surface area contributed by atoms with Crippen LogP contribution in [0.3, 0.4) is 0 Å². The molecule has 5 heterocycles. The van der Waals surface area contributed by atoms with Gasteiger partial charge in [-0.05, 0) is 107 Å². The van der Waals surface area contributed by atoms with Gasteiger partial charge in [-0.3, -0.25) is 43.9 Å². The van der Waals surface area contributed by atoms with Gasteiger partial charge in [0.25, 0.3) is 17.7 Å². The van der Waals surface area contributed by atoms with E-state index in [9.17, 15) is 28.8 Å². The molecule has 0 bridgehead atoms. The lowest BCUT2D eigenvalue weighted by molar-refractivity contribution is -0.136. The fraction of sp³-hybridized carbons (Fsp3) is 0.439. The molecule has 286 valence electrons. The number of hydrogen-bond donors (Lipinski definition) is 4. The van der Waals surface area contributed by atoms with E-state index in [1.807, 2.05) is 24.3 Å². The zero-order chi connectivity index (χ0) is 38.4. The lowest BCUT2D eigenvalue weighted by atomic mass is 9.73. The molecule has 4 aliphatic heterocycles. The summed E-state index contributed by atoms with van der Waals surface area (Å²) in [4.78, 5) is 90.3. The number of carbonyl (C=O) groups excluding carboxylic acids is 6. The Bertz CT molecular complexity index is 2170. The fourth-order valence-corrected chi connectivity index (χ4v) is 8.77. The molecule has 2 unspecified atom stereocenters. The highest BCUT2D eigenvalue weighted by molar-refractivity contribution is 6.23. The molecule has 0 spiro atoms. The third kappa shape index (κ3) is 7.06. The summed E-state index contributed by atoms with van der Waals surface area (Å²) in [5, 5.41) is 5.21. The Morgan fingerprint density at radius 1 is 0.982 bits per heavy atom. The standard InChI is InChI=1S/C41H46N8O6/c1-24-3-2-18-48(24)23-34-44-31-7-4-27(21-32(31)45-34)43-36(51)26-11-16-41(17-12-26,40(42)55)15-10-25-13-19-47(20-14-25)28-5-6-29-30(22-28)39(54)49(38(29)53)33-8-9-35(50)46-37(33)52/h4-7,11-12,16,21-22,24-25,33H,2-3,8-10,13-15,17-20,23H2,1H3,(H2,42,55)(H,43,51)(H,44,45)(H,46,50,52)/t24-,33?,41?/m0/s1. The predicted molar refractivity (Wildman–Crippen MR) is 205 cm³/mol. The van der Waals surface area contributed by atoms with E-state index in [-0.39, 0.29) is 29.9 Å². The Labute approximate surface area is 318 Å². The number of amides is 6. The minimum atomic E-state index is -1.00. The highest BCUT2D eigenvalue weighted by Gasteiger charge is 2.45. The van der Waals surface area contributed by atoms with Gasteiger partial charge in [-0.15, -0.1) is 0 Å². The van der Waals surface area contributed by atoms with E-state index in [1.165, 1.54) is 12.8 Å². The van der Waals surface area contributed by atoms with E-state index in [4.69, 9.17) is 10.7 Å². The monoisotopic (exact) mass is 746 g/mol. The molecule has 1 aromatic heterocycles. The van der Waals surface area contributed by atoms with Crippen molar-refractivity contribution in [2.45, 2.75) is 83.3 Å². The predicted octanol–water partition coefficient (Wildman–Crippen LogP) is 3.94. The molecular formula is C41H46N8O6. The number of aromatic amines is 1. The number of imide groups is 2. The zero-order valence-electron chi connectivity index (χ0n) is 30.9. The van der Waals surface area contributed by atoms with Crippen molar-refractivity contribution < 1.29 is 28.8 Å². The average molecular weight is 747 g/mol. The van der Waals surface area contributed by atoms with E-state index in [2.05, 4.69) is 32.3 Å². The van der Waals surface area contributed by atoms with E-state index in [0.29, 0.717) is 36.1 Å². The molecule has 0 saturated carbocycles. The van der Waals surface area contributed by atoms with Gasteiger partial charge in [-0.1, -0.05) is 18.2 Å². The Hall–Kier alpha value is -5.63. The number of likely N-dealkylation sites (tertiary alicyclic amines) is 1. The van der Waals surface area contributed by atoms with Gasteiger partial charge >= 0.3 is 0 Å². The van der Waals surface area contributed by atoms with Crippen molar-refractivity contribution in [3.63, 3.8) is 0 Å². The first-order chi connectivity index (χ1) is 26.5. The number of nitrogens with one attached hydrogen (secondary N) is 3. The molecule has 0 radical (unpaired) electrons. The van der Waals surface area contributed by atoms with Gasteiger partial charge in [0.05, 0.1) is 34.1 Å². The van der Waals surface area contributed by atoms with Gasteiger partial charge < -0.3 is 20.9 Å². The Morgan fingerprint density at radius 2 is 1.78 bits per heavy atom. The molecule has 14 heteroatoms. The van der Waals surface area contributed by atoms with E-state index in [0.717, 1.165) is 72.9 Å². The van der Waals surface area contributed by atoms with Crippen LogP contribution in [0.15, 0.2) is 60.2 Å². The summed E-state index contributed by atoms with van der Waals surface area (Å²) in [6.07, 6.45) is 11.3. The SMILES string of the molecule is C[C@H]1CCCN1Cc1nc2cc(NC(=O)C3=CCC(CCC4CCN(c5ccc6c(c5)C(=O)N(C5CCC(=O)NC5=O)C6=O)CC4)(C(N)=O)C=C3)ccc2[nH]1. The maximum Gasteiger partial charge on any atom is 0.262 e. The average Bonchev–Trinajstić information content (AvgIpc) is 3.85. The van der Waals surface area contributed by atoms with Crippen LogP contribution in [-0.2, 0) is 25.7 Å². The first kappa shape index (κ1) is 36.4. The Balaban J connectivity index is 0.839. The molecule has 55 heavy (non-hydrogen) atoms. The number of benzene rings is 2. The van der Waals surface area contributed by atoms with Crippen LogP contribution < -0.4 is 21.3 Å². The van der Waals surface area contributed by atoms with Crippen LogP contribution in [0.2, 0.25) is 0 Å². The van der Waals surface area contributed by atoms with Gasteiger partial charge in [0.2, 0.25) is 17.7 Å². The molecule has 1 aliphatic carbocycles. The number of primary amides is 1. The lowest BCUT2D eigenvalue weighted by Gasteiger charge is -2.36. The van der Waals surface area contributed by atoms with Crippen molar-refractivity contribution in [3.8, 4) is 0 Å². The summed E-state index contributed by atoms with van der Waals surface area (Å²) in [6, 6.07) is 10.4. The van der Waals surface area contributed by atoms with Crippen molar-refractivity contribution in [2.75, 3.05) is 29.9 Å². The lowest BCUT2D eigenvalue weighted by Crippen LogP contribution is -2.54. The van der Waals surface area contributed by atoms with Crippen molar-refractivity contribution >= 4 is 57.9 Å². The smallest absolute Gasteiger partial charge is 0.262 e. The Kier molecular flexibility index (Phi) is 9.62. The van der Waals surface area contributed by atoms with Crippen molar-refractivity contribution in [2.24, 2.45) is 17.1 Å². The molecule has 3 atom stereocenters. The molecule has 3 fully saturated rings. The maximum atomic E-state index is 13.3. The molecule has 6 amide bonds. The molecule has 3 aromatic rings. The molecule has 2 aromatic carbocycles. The highest BCUT2D eigenvalue weighted by atomic mass is 16.2. The molecule has 8 rings (SSSR count). The van der Waals surface area contributed by atoms with Gasteiger partial charge in [0.15, 0.2) is 0 Å². The fourth-order valence-electron chi connectivity index (χ4n) is 8.77. The van der Waals surface area contributed by atoms with Crippen LogP contribution >= 0.6 is 0 Å². The molecule has 5 N–H and O–H groups in total. The minimum Gasteiger partial charge on any atom is -0.371 e. The van der Waals surface area contributed by atoms with Gasteiger partial charge in [0.1, 0.15) is 11.9 Å². The first-order valence-electron chi connectivity index (χ1n) is 19.3. The number of aromatic nitrogens is 2. The molecular weight excluding hydrogens is 701 g/mol. The number of H-pyrrole nitrogens is 1. The van der Waals surface area contributed by atoms with Gasteiger partial charge in [-0.2, -0.15) is 0 Å². The van der Waals surface area contributed by atoms with E-state index < -0.39 is 41.0 Å². The van der Waals surface area contributed by atoms with Crippen LogP contribution in [-0.4, -0.2) is 86.9 Å². The van der Waals surface area contributed by atoms with E-state index in [1.54, 1.807) is 30.4 Å². The van der Waals surface area contributed by atoms with Crippen LogP contribution in [0.25, 0.3) is 11.0 Å². The highest BCUT2D eigenvalue weighted by Crippen LogP contribution is 2.39.